The van der Waals surface area contributed by atoms with Crippen LogP contribution in [0.25, 0.3) is 0 Å². The van der Waals surface area contributed by atoms with Crippen LogP contribution in [0.4, 0.5) is 18.9 Å². The molecule has 1 amide bonds. The van der Waals surface area contributed by atoms with E-state index in [4.69, 9.17) is 22.1 Å². The Bertz CT molecular complexity index is 717. The Morgan fingerprint density at radius 1 is 1.21 bits per heavy atom. The fraction of sp³-hybridized carbons (Fsp3) is 0.579. The van der Waals surface area contributed by atoms with E-state index in [-0.39, 0.29) is 29.0 Å². The number of nitrogens with one attached hydrogen (secondary N) is 1. The summed E-state index contributed by atoms with van der Waals surface area (Å²) in [6.45, 7) is 7.91. The normalized spacial score (nSPS) is 15.5. The molecule has 0 aromatic heterocycles. The second-order valence-corrected chi connectivity index (χ2v) is 8.18. The quantitative estimate of drug-likeness (QED) is 0.654. The summed E-state index contributed by atoms with van der Waals surface area (Å²) in [5, 5.41) is 2.48. The summed E-state index contributed by atoms with van der Waals surface area (Å²) in [5.41, 5.74) is 5.62. The molecule has 0 radical (unpaired) electrons. The van der Waals surface area contributed by atoms with E-state index in [1.165, 1.54) is 12.1 Å². The van der Waals surface area contributed by atoms with Gasteiger partial charge in [-0.25, -0.2) is 0 Å². The van der Waals surface area contributed by atoms with Gasteiger partial charge in [-0.3, -0.25) is 9.59 Å². The number of halogens is 4. The van der Waals surface area contributed by atoms with Crippen LogP contribution in [0.2, 0.25) is 5.02 Å². The van der Waals surface area contributed by atoms with Crippen molar-refractivity contribution >= 4 is 29.2 Å². The van der Waals surface area contributed by atoms with Crippen molar-refractivity contribution in [2.45, 2.75) is 64.8 Å². The molecule has 1 rings (SSSR count). The highest BCUT2D eigenvalue weighted by atomic mass is 35.5. The van der Waals surface area contributed by atoms with Crippen LogP contribution in [0.3, 0.4) is 0 Å². The fourth-order valence-electron chi connectivity index (χ4n) is 2.34. The third kappa shape index (κ3) is 7.31. The van der Waals surface area contributed by atoms with Gasteiger partial charge in [0.2, 0.25) is 5.91 Å². The van der Waals surface area contributed by atoms with Crippen LogP contribution in [-0.4, -0.2) is 29.7 Å². The Hall–Kier alpha value is -1.80. The van der Waals surface area contributed by atoms with Crippen molar-refractivity contribution in [3.05, 3.63) is 28.8 Å². The Morgan fingerprint density at radius 3 is 2.29 bits per heavy atom. The SMILES string of the molecule is CC([C@H](N)C(=O)Nc1cc([C@@H](C)CC(=O)OC(C)(C)C)ccc1Cl)C(F)(F)F. The van der Waals surface area contributed by atoms with Crippen LogP contribution in [0.15, 0.2) is 18.2 Å². The molecule has 0 saturated heterocycles. The Labute approximate surface area is 167 Å². The molecular formula is C19H26ClF3N2O3. The van der Waals surface area contributed by atoms with E-state index >= 15 is 0 Å². The average molecular weight is 423 g/mol. The second-order valence-electron chi connectivity index (χ2n) is 7.78. The number of anilines is 1. The molecule has 0 aliphatic carbocycles. The second kappa shape index (κ2) is 9.13. The first-order chi connectivity index (χ1) is 12.6. The molecule has 1 aromatic carbocycles. The van der Waals surface area contributed by atoms with Crippen molar-refractivity contribution in [1.82, 2.24) is 0 Å². The molecule has 0 spiro atoms. The smallest absolute Gasteiger partial charge is 0.393 e. The zero-order valence-electron chi connectivity index (χ0n) is 16.5. The van der Waals surface area contributed by atoms with E-state index in [0.717, 1.165) is 6.92 Å². The van der Waals surface area contributed by atoms with Crippen LogP contribution < -0.4 is 11.1 Å². The van der Waals surface area contributed by atoms with Crippen LogP contribution >= 0.6 is 11.6 Å². The number of ether oxygens (including phenoxy) is 1. The maximum atomic E-state index is 12.8. The van der Waals surface area contributed by atoms with E-state index in [9.17, 15) is 22.8 Å². The van der Waals surface area contributed by atoms with Crippen LogP contribution in [0.1, 0.15) is 52.5 Å². The molecule has 5 nitrogen and oxygen atoms in total. The lowest BCUT2D eigenvalue weighted by molar-refractivity contribution is -0.176. The first-order valence-electron chi connectivity index (χ1n) is 8.76. The van der Waals surface area contributed by atoms with Gasteiger partial charge in [0, 0.05) is 0 Å². The molecule has 158 valence electrons. The third-order valence-electron chi connectivity index (χ3n) is 4.07. The number of alkyl halides is 3. The van der Waals surface area contributed by atoms with Crippen molar-refractivity contribution in [3.63, 3.8) is 0 Å². The number of hydrogen-bond donors (Lipinski definition) is 2. The van der Waals surface area contributed by atoms with Crippen molar-refractivity contribution in [1.29, 1.82) is 0 Å². The largest absolute Gasteiger partial charge is 0.460 e. The molecule has 1 unspecified atom stereocenters. The highest BCUT2D eigenvalue weighted by Crippen LogP contribution is 2.31. The van der Waals surface area contributed by atoms with Gasteiger partial charge < -0.3 is 15.8 Å². The van der Waals surface area contributed by atoms with E-state index in [1.807, 2.05) is 0 Å². The van der Waals surface area contributed by atoms with Crippen molar-refractivity contribution < 1.29 is 27.5 Å². The van der Waals surface area contributed by atoms with Crippen molar-refractivity contribution in [3.8, 4) is 0 Å². The molecule has 0 aliphatic rings. The highest BCUT2D eigenvalue weighted by Gasteiger charge is 2.42. The average Bonchev–Trinajstić information content (AvgIpc) is 2.52. The number of esters is 1. The maximum absolute atomic E-state index is 12.8. The van der Waals surface area contributed by atoms with Gasteiger partial charge in [-0.05, 0) is 44.4 Å². The number of amides is 1. The number of hydrogen-bond acceptors (Lipinski definition) is 4. The monoisotopic (exact) mass is 422 g/mol. The van der Waals surface area contributed by atoms with Crippen molar-refractivity contribution in [2.75, 3.05) is 5.32 Å². The van der Waals surface area contributed by atoms with Gasteiger partial charge in [-0.15, -0.1) is 0 Å². The van der Waals surface area contributed by atoms with Crippen LogP contribution in [-0.2, 0) is 14.3 Å². The summed E-state index contributed by atoms with van der Waals surface area (Å²) < 4.78 is 43.6. The van der Waals surface area contributed by atoms with Gasteiger partial charge in [0.25, 0.3) is 0 Å². The van der Waals surface area contributed by atoms with E-state index < -0.39 is 29.6 Å². The highest BCUT2D eigenvalue weighted by molar-refractivity contribution is 6.33. The molecule has 0 fully saturated rings. The van der Waals surface area contributed by atoms with Gasteiger partial charge >= 0.3 is 12.1 Å². The fourth-order valence-corrected chi connectivity index (χ4v) is 2.51. The summed E-state index contributed by atoms with van der Waals surface area (Å²) in [6, 6.07) is 2.90. The first-order valence-corrected chi connectivity index (χ1v) is 9.14. The Kier molecular flexibility index (Phi) is 7.91. The molecule has 9 heteroatoms. The number of nitrogens with two attached hydrogens (primary N) is 1. The van der Waals surface area contributed by atoms with Crippen molar-refractivity contribution in [2.24, 2.45) is 11.7 Å². The predicted octanol–water partition coefficient (Wildman–Crippen LogP) is 4.64. The van der Waals surface area contributed by atoms with Gasteiger partial charge in [-0.1, -0.05) is 31.5 Å². The lowest BCUT2D eigenvalue weighted by Crippen LogP contribution is -2.46. The molecule has 0 heterocycles. The number of benzene rings is 1. The first kappa shape index (κ1) is 24.2. The summed E-state index contributed by atoms with van der Waals surface area (Å²) in [5.74, 6) is -3.66. The van der Waals surface area contributed by atoms with Gasteiger partial charge in [0.05, 0.1) is 29.1 Å². The molecule has 0 aliphatic heterocycles. The standard InChI is InChI=1S/C19H26ClF3N2O3/c1-10(8-15(26)28-18(3,4)5)12-6-7-13(20)14(9-12)25-17(27)16(24)11(2)19(21,22)23/h6-7,9-11,16H,8,24H2,1-5H3,(H,25,27)/t10-,11?,16-/m0/s1. The minimum atomic E-state index is -4.59. The van der Waals surface area contributed by atoms with E-state index in [1.54, 1.807) is 33.8 Å². The summed E-state index contributed by atoms with van der Waals surface area (Å²) in [7, 11) is 0. The zero-order valence-corrected chi connectivity index (χ0v) is 17.2. The zero-order chi connectivity index (χ0) is 21.9. The summed E-state index contributed by atoms with van der Waals surface area (Å²) in [6.07, 6.45) is -4.50. The maximum Gasteiger partial charge on any atom is 0.393 e. The van der Waals surface area contributed by atoms with Crippen LogP contribution in [0.5, 0.6) is 0 Å². The Balaban J connectivity index is 2.90. The molecule has 0 bridgehead atoms. The molecule has 0 saturated carbocycles. The molecule has 28 heavy (non-hydrogen) atoms. The summed E-state index contributed by atoms with van der Waals surface area (Å²) >= 11 is 6.04. The minimum Gasteiger partial charge on any atom is -0.460 e. The molecule has 1 aromatic rings. The Morgan fingerprint density at radius 2 is 1.79 bits per heavy atom. The third-order valence-corrected chi connectivity index (χ3v) is 4.40. The number of carbonyl (C=O) groups excluding carboxylic acids is 2. The van der Waals surface area contributed by atoms with Gasteiger partial charge in [-0.2, -0.15) is 13.2 Å². The lowest BCUT2D eigenvalue weighted by atomic mass is 9.97. The summed E-state index contributed by atoms with van der Waals surface area (Å²) in [4.78, 5) is 24.1. The predicted molar refractivity (Wildman–Crippen MR) is 102 cm³/mol. The molecule has 3 N–H and O–H groups in total. The van der Waals surface area contributed by atoms with Crippen LogP contribution in [0, 0.1) is 5.92 Å². The lowest BCUT2D eigenvalue weighted by Gasteiger charge is -2.23. The van der Waals surface area contributed by atoms with Gasteiger partial charge in [0.15, 0.2) is 0 Å². The minimum absolute atomic E-state index is 0.0942. The van der Waals surface area contributed by atoms with E-state index in [0.29, 0.717) is 5.56 Å². The van der Waals surface area contributed by atoms with Gasteiger partial charge in [0.1, 0.15) is 5.60 Å². The molecule has 3 atom stereocenters. The van der Waals surface area contributed by atoms with E-state index in [2.05, 4.69) is 5.32 Å². The molecular weight excluding hydrogens is 397 g/mol. The number of rotatable bonds is 6. The number of carbonyl (C=O) groups is 2. The topological polar surface area (TPSA) is 81.4 Å².